The molecule has 1 aromatic heterocycles. The van der Waals surface area contributed by atoms with E-state index < -0.39 is 0 Å². The van der Waals surface area contributed by atoms with Crippen LogP contribution in [0.2, 0.25) is 0 Å². The maximum absolute atomic E-state index is 12.3. The minimum atomic E-state index is 0.0665. The van der Waals surface area contributed by atoms with E-state index in [1.54, 1.807) is 12.3 Å². The van der Waals surface area contributed by atoms with Crippen LogP contribution in [0.25, 0.3) is 0 Å². The SMILES string of the molecule is Nc1cc(C(=O)N2CCCC2)ccc1NCc1ccco1. The van der Waals surface area contributed by atoms with Gasteiger partial charge in [0.25, 0.3) is 5.91 Å². The summed E-state index contributed by atoms with van der Waals surface area (Å²) in [5, 5.41) is 3.21. The largest absolute Gasteiger partial charge is 0.467 e. The molecule has 1 aliphatic heterocycles. The van der Waals surface area contributed by atoms with Crippen molar-refractivity contribution in [2.45, 2.75) is 19.4 Å². The van der Waals surface area contributed by atoms with Crippen molar-refractivity contribution in [3.63, 3.8) is 0 Å². The molecule has 1 fully saturated rings. The highest BCUT2D eigenvalue weighted by Gasteiger charge is 2.19. The van der Waals surface area contributed by atoms with Crippen molar-refractivity contribution in [3.05, 3.63) is 47.9 Å². The Bertz CT molecular complexity index is 616. The van der Waals surface area contributed by atoms with Crippen molar-refractivity contribution in [1.29, 1.82) is 0 Å². The molecule has 0 bridgehead atoms. The van der Waals surface area contributed by atoms with Gasteiger partial charge in [0.2, 0.25) is 0 Å². The van der Waals surface area contributed by atoms with E-state index >= 15 is 0 Å². The molecule has 5 nitrogen and oxygen atoms in total. The van der Waals surface area contributed by atoms with Crippen LogP contribution in [-0.4, -0.2) is 23.9 Å². The monoisotopic (exact) mass is 285 g/mol. The van der Waals surface area contributed by atoms with E-state index in [2.05, 4.69) is 5.32 Å². The number of nitrogens with zero attached hydrogens (tertiary/aromatic N) is 1. The molecule has 1 amide bonds. The number of nitrogens with one attached hydrogen (secondary N) is 1. The summed E-state index contributed by atoms with van der Waals surface area (Å²) in [7, 11) is 0. The fourth-order valence-electron chi connectivity index (χ4n) is 2.56. The number of hydrogen-bond acceptors (Lipinski definition) is 4. The molecule has 1 aromatic carbocycles. The fraction of sp³-hybridized carbons (Fsp3) is 0.312. The van der Waals surface area contributed by atoms with Crippen LogP contribution in [0.1, 0.15) is 29.0 Å². The van der Waals surface area contributed by atoms with Gasteiger partial charge in [-0.2, -0.15) is 0 Å². The van der Waals surface area contributed by atoms with Crippen LogP contribution >= 0.6 is 0 Å². The van der Waals surface area contributed by atoms with Crippen LogP contribution in [0.3, 0.4) is 0 Å². The zero-order valence-electron chi connectivity index (χ0n) is 11.8. The smallest absolute Gasteiger partial charge is 0.253 e. The first kappa shape index (κ1) is 13.5. The van der Waals surface area contributed by atoms with Crippen molar-refractivity contribution >= 4 is 17.3 Å². The number of amides is 1. The van der Waals surface area contributed by atoms with E-state index in [0.717, 1.165) is 37.4 Å². The van der Waals surface area contributed by atoms with Crippen molar-refractivity contribution in [2.24, 2.45) is 0 Å². The molecule has 0 spiro atoms. The minimum absolute atomic E-state index is 0.0665. The molecule has 0 saturated carbocycles. The van der Waals surface area contributed by atoms with Gasteiger partial charge in [0, 0.05) is 18.7 Å². The molecule has 2 aromatic rings. The third-order valence-electron chi connectivity index (χ3n) is 3.72. The van der Waals surface area contributed by atoms with Gasteiger partial charge in [0.05, 0.1) is 24.2 Å². The lowest BCUT2D eigenvalue weighted by molar-refractivity contribution is 0.0793. The highest BCUT2D eigenvalue weighted by molar-refractivity contribution is 5.96. The molecule has 1 saturated heterocycles. The Hall–Kier alpha value is -2.43. The third kappa shape index (κ3) is 3.02. The molecule has 0 atom stereocenters. The number of likely N-dealkylation sites (tertiary alicyclic amines) is 1. The standard InChI is InChI=1S/C16H19N3O2/c17-14-10-12(16(20)19-7-1-2-8-19)5-6-15(14)18-11-13-4-3-9-21-13/h3-6,9-10,18H,1-2,7-8,11,17H2. The van der Waals surface area contributed by atoms with E-state index in [1.165, 1.54) is 0 Å². The molecule has 3 rings (SSSR count). The Morgan fingerprint density at radius 1 is 1.29 bits per heavy atom. The Morgan fingerprint density at radius 3 is 2.76 bits per heavy atom. The number of benzene rings is 1. The van der Waals surface area contributed by atoms with E-state index in [4.69, 9.17) is 10.2 Å². The number of furan rings is 1. The molecule has 110 valence electrons. The van der Waals surface area contributed by atoms with Crippen molar-refractivity contribution in [2.75, 3.05) is 24.1 Å². The fourth-order valence-corrected chi connectivity index (χ4v) is 2.56. The van der Waals surface area contributed by atoms with Gasteiger partial charge in [-0.25, -0.2) is 0 Å². The van der Waals surface area contributed by atoms with Crippen LogP contribution in [0.4, 0.5) is 11.4 Å². The summed E-state index contributed by atoms with van der Waals surface area (Å²) in [4.78, 5) is 14.2. The number of nitrogen functional groups attached to an aromatic ring is 1. The summed E-state index contributed by atoms with van der Waals surface area (Å²) in [6, 6.07) is 9.15. The predicted molar refractivity (Wildman–Crippen MR) is 82.0 cm³/mol. The first-order valence-corrected chi connectivity index (χ1v) is 7.19. The van der Waals surface area contributed by atoms with Crippen LogP contribution < -0.4 is 11.1 Å². The summed E-state index contributed by atoms with van der Waals surface area (Å²) >= 11 is 0. The van der Waals surface area contributed by atoms with E-state index in [1.807, 2.05) is 29.2 Å². The maximum Gasteiger partial charge on any atom is 0.253 e. The second kappa shape index (κ2) is 5.91. The lowest BCUT2D eigenvalue weighted by Crippen LogP contribution is -2.27. The topological polar surface area (TPSA) is 71.5 Å². The Kier molecular flexibility index (Phi) is 3.81. The molecule has 0 aliphatic carbocycles. The molecule has 1 aliphatic rings. The van der Waals surface area contributed by atoms with Gasteiger partial charge in [0.1, 0.15) is 5.76 Å². The number of rotatable bonds is 4. The second-order valence-electron chi connectivity index (χ2n) is 5.23. The Labute approximate surface area is 123 Å². The zero-order valence-corrected chi connectivity index (χ0v) is 11.8. The number of carbonyl (C=O) groups excluding carboxylic acids is 1. The molecular weight excluding hydrogens is 266 g/mol. The summed E-state index contributed by atoms with van der Waals surface area (Å²) < 4.78 is 5.26. The van der Waals surface area contributed by atoms with Crippen molar-refractivity contribution < 1.29 is 9.21 Å². The van der Waals surface area contributed by atoms with E-state index in [0.29, 0.717) is 17.8 Å². The van der Waals surface area contributed by atoms with E-state index in [9.17, 15) is 4.79 Å². The van der Waals surface area contributed by atoms with Gasteiger partial charge in [-0.1, -0.05) is 0 Å². The minimum Gasteiger partial charge on any atom is -0.467 e. The van der Waals surface area contributed by atoms with Gasteiger partial charge in [0.15, 0.2) is 0 Å². The van der Waals surface area contributed by atoms with E-state index in [-0.39, 0.29) is 5.91 Å². The number of carbonyl (C=O) groups is 1. The van der Waals surface area contributed by atoms with Gasteiger partial charge in [-0.3, -0.25) is 4.79 Å². The Balaban J connectivity index is 1.68. The second-order valence-corrected chi connectivity index (χ2v) is 5.23. The normalized spacial score (nSPS) is 14.4. The molecule has 2 heterocycles. The van der Waals surface area contributed by atoms with Gasteiger partial charge in [-0.05, 0) is 43.2 Å². The quantitative estimate of drug-likeness (QED) is 0.847. The first-order chi connectivity index (χ1) is 10.2. The zero-order chi connectivity index (χ0) is 14.7. The number of hydrogen-bond donors (Lipinski definition) is 2. The van der Waals surface area contributed by atoms with Crippen LogP contribution in [0.5, 0.6) is 0 Å². The molecular formula is C16H19N3O2. The van der Waals surface area contributed by atoms with Crippen molar-refractivity contribution in [1.82, 2.24) is 4.90 Å². The predicted octanol–water partition coefficient (Wildman–Crippen LogP) is 2.71. The average molecular weight is 285 g/mol. The van der Waals surface area contributed by atoms with Gasteiger partial charge in [-0.15, -0.1) is 0 Å². The average Bonchev–Trinajstić information content (AvgIpc) is 3.18. The summed E-state index contributed by atoms with van der Waals surface area (Å²) in [5.74, 6) is 0.906. The number of nitrogens with two attached hydrogens (primary N) is 1. The molecule has 0 unspecified atom stereocenters. The summed E-state index contributed by atoms with van der Waals surface area (Å²) in [5.41, 5.74) is 8.07. The first-order valence-electron chi connectivity index (χ1n) is 7.19. The molecule has 5 heteroatoms. The summed E-state index contributed by atoms with van der Waals surface area (Å²) in [6.07, 6.45) is 3.81. The van der Waals surface area contributed by atoms with Gasteiger partial charge < -0.3 is 20.4 Å². The Morgan fingerprint density at radius 2 is 2.10 bits per heavy atom. The highest BCUT2D eigenvalue weighted by atomic mass is 16.3. The van der Waals surface area contributed by atoms with Crippen molar-refractivity contribution in [3.8, 4) is 0 Å². The number of anilines is 2. The molecule has 0 radical (unpaired) electrons. The van der Waals surface area contributed by atoms with Gasteiger partial charge >= 0.3 is 0 Å². The molecule has 21 heavy (non-hydrogen) atoms. The highest BCUT2D eigenvalue weighted by Crippen LogP contribution is 2.22. The molecule has 3 N–H and O–H groups in total. The van der Waals surface area contributed by atoms with Crippen LogP contribution in [-0.2, 0) is 6.54 Å². The van der Waals surface area contributed by atoms with Crippen LogP contribution in [0.15, 0.2) is 41.0 Å². The third-order valence-corrected chi connectivity index (χ3v) is 3.72. The lowest BCUT2D eigenvalue weighted by Gasteiger charge is -2.16. The lowest BCUT2D eigenvalue weighted by atomic mass is 10.1. The summed E-state index contributed by atoms with van der Waals surface area (Å²) in [6.45, 7) is 2.26. The van der Waals surface area contributed by atoms with Crippen LogP contribution in [0, 0.1) is 0 Å². The maximum atomic E-state index is 12.3.